The fourth-order valence-electron chi connectivity index (χ4n) is 2.63. The van der Waals surface area contributed by atoms with Gasteiger partial charge in [0.1, 0.15) is 0 Å². The lowest BCUT2D eigenvalue weighted by molar-refractivity contribution is -0.119. The summed E-state index contributed by atoms with van der Waals surface area (Å²) < 4.78 is 0. The summed E-state index contributed by atoms with van der Waals surface area (Å²) in [4.78, 5) is 13.8. The molecule has 3 nitrogen and oxygen atoms in total. The van der Waals surface area contributed by atoms with Gasteiger partial charge in [-0.15, -0.1) is 0 Å². The first-order valence-electron chi connectivity index (χ1n) is 7.16. The maximum atomic E-state index is 12.1. The van der Waals surface area contributed by atoms with E-state index in [2.05, 4.69) is 32.2 Å². The number of carbonyl (C=O) groups is 1. The minimum absolute atomic E-state index is 0.142. The van der Waals surface area contributed by atoms with Gasteiger partial charge in [0, 0.05) is 31.2 Å². The van der Waals surface area contributed by atoms with Crippen LogP contribution in [0, 0.1) is 5.92 Å². The molecule has 1 amide bonds. The van der Waals surface area contributed by atoms with Crippen LogP contribution in [0.1, 0.15) is 45.2 Å². The van der Waals surface area contributed by atoms with Crippen LogP contribution in [0.15, 0.2) is 24.3 Å². The molecule has 0 aliphatic carbocycles. The Morgan fingerprint density at radius 3 is 2.74 bits per heavy atom. The number of carbonyl (C=O) groups excluding carboxylic acids is 1. The van der Waals surface area contributed by atoms with E-state index in [-0.39, 0.29) is 11.9 Å². The molecule has 0 aromatic heterocycles. The van der Waals surface area contributed by atoms with Crippen LogP contribution in [-0.2, 0) is 4.79 Å². The second-order valence-electron chi connectivity index (χ2n) is 5.61. The molecule has 2 rings (SSSR count). The minimum Gasteiger partial charge on any atom is -0.315 e. The van der Waals surface area contributed by atoms with Gasteiger partial charge in [-0.3, -0.25) is 4.79 Å². The Morgan fingerprint density at radius 2 is 2.05 bits per heavy atom. The van der Waals surface area contributed by atoms with Crippen molar-refractivity contribution in [3.8, 4) is 0 Å². The normalized spacial score (nSPS) is 22.0. The second kappa shape index (κ2) is 5.74. The number of nitrogens with zero attached hydrogens (tertiary/aromatic N) is 1. The van der Waals surface area contributed by atoms with Gasteiger partial charge in [-0.25, -0.2) is 0 Å². The van der Waals surface area contributed by atoms with Crippen molar-refractivity contribution in [2.75, 3.05) is 11.9 Å². The Morgan fingerprint density at radius 1 is 1.37 bits per heavy atom. The van der Waals surface area contributed by atoms with E-state index in [0.717, 1.165) is 12.1 Å². The van der Waals surface area contributed by atoms with Crippen molar-refractivity contribution in [3.63, 3.8) is 0 Å². The summed E-state index contributed by atoms with van der Waals surface area (Å²) in [6, 6.07) is 8.74. The Bertz CT molecular complexity index is 458. The van der Waals surface area contributed by atoms with Crippen LogP contribution in [0.3, 0.4) is 0 Å². The van der Waals surface area contributed by atoms with Crippen LogP contribution in [0.2, 0.25) is 0 Å². The van der Waals surface area contributed by atoms with Crippen molar-refractivity contribution in [1.82, 2.24) is 5.32 Å². The molecular weight excluding hydrogens is 236 g/mol. The Balaban J connectivity index is 2.23. The summed E-state index contributed by atoms with van der Waals surface area (Å²) in [5.74, 6) is 0.800. The summed E-state index contributed by atoms with van der Waals surface area (Å²) in [7, 11) is 1.86. The number of para-hydroxylation sites is 1. The lowest BCUT2D eigenvalue weighted by Crippen LogP contribution is -2.42. The van der Waals surface area contributed by atoms with Crippen LogP contribution in [0.25, 0.3) is 0 Å². The van der Waals surface area contributed by atoms with E-state index in [4.69, 9.17) is 0 Å². The Kier molecular flexibility index (Phi) is 4.25. The molecule has 1 heterocycles. The molecule has 1 aliphatic heterocycles. The van der Waals surface area contributed by atoms with E-state index in [0.29, 0.717) is 18.4 Å². The van der Waals surface area contributed by atoms with Crippen molar-refractivity contribution in [3.05, 3.63) is 29.8 Å². The lowest BCUT2D eigenvalue weighted by Gasteiger charge is -2.34. The largest absolute Gasteiger partial charge is 0.315 e. The third-order valence-corrected chi connectivity index (χ3v) is 4.39. The highest BCUT2D eigenvalue weighted by atomic mass is 16.2. The smallest absolute Gasteiger partial charge is 0.228 e. The van der Waals surface area contributed by atoms with Crippen molar-refractivity contribution < 1.29 is 4.79 Å². The molecular formula is C16H24N2O. The van der Waals surface area contributed by atoms with Crippen molar-refractivity contribution in [2.45, 2.75) is 45.7 Å². The maximum absolute atomic E-state index is 12.1. The predicted molar refractivity (Wildman–Crippen MR) is 79.3 cm³/mol. The van der Waals surface area contributed by atoms with E-state index >= 15 is 0 Å². The SMILES string of the molecule is CCC(C)C(C)NC1CC(=O)N(C)c2ccccc21. The molecule has 0 saturated carbocycles. The molecule has 1 aliphatic rings. The summed E-state index contributed by atoms with van der Waals surface area (Å²) in [6.07, 6.45) is 1.70. The van der Waals surface area contributed by atoms with E-state index in [1.54, 1.807) is 4.90 Å². The van der Waals surface area contributed by atoms with Gasteiger partial charge < -0.3 is 10.2 Å². The molecule has 3 atom stereocenters. The molecule has 0 spiro atoms. The summed E-state index contributed by atoms with van der Waals surface area (Å²) in [5.41, 5.74) is 2.27. The predicted octanol–water partition coefficient (Wildman–Crippen LogP) is 3.12. The number of nitrogens with one attached hydrogen (secondary N) is 1. The number of amides is 1. The van der Waals surface area contributed by atoms with Crippen molar-refractivity contribution in [2.24, 2.45) is 5.92 Å². The third kappa shape index (κ3) is 2.81. The van der Waals surface area contributed by atoms with Gasteiger partial charge in [0.25, 0.3) is 0 Å². The molecule has 0 radical (unpaired) electrons. The lowest BCUT2D eigenvalue weighted by atomic mass is 9.93. The zero-order valence-corrected chi connectivity index (χ0v) is 12.3. The zero-order valence-electron chi connectivity index (χ0n) is 12.3. The molecule has 0 bridgehead atoms. The average molecular weight is 260 g/mol. The molecule has 0 saturated heterocycles. The van der Waals surface area contributed by atoms with Crippen LogP contribution in [0.5, 0.6) is 0 Å². The fourth-order valence-corrected chi connectivity index (χ4v) is 2.63. The number of hydrogen-bond donors (Lipinski definition) is 1. The maximum Gasteiger partial charge on any atom is 0.228 e. The highest BCUT2D eigenvalue weighted by Crippen LogP contribution is 2.34. The topological polar surface area (TPSA) is 32.3 Å². The van der Waals surface area contributed by atoms with Crippen molar-refractivity contribution in [1.29, 1.82) is 0 Å². The van der Waals surface area contributed by atoms with Gasteiger partial charge in [-0.2, -0.15) is 0 Å². The number of fused-ring (bicyclic) bond motifs is 1. The molecule has 104 valence electrons. The molecule has 1 aromatic rings. The monoisotopic (exact) mass is 260 g/mol. The molecule has 1 N–H and O–H groups in total. The van der Waals surface area contributed by atoms with Gasteiger partial charge in [0.05, 0.1) is 0 Å². The van der Waals surface area contributed by atoms with Crippen LogP contribution < -0.4 is 10.2 Å². The van der Waals surface area contributed by atoms with Gasteiger partial charge in [-0.1, -0.05) is 38.5 Å². The van der Waals surface area contributed by atoms with Crippen LogP contribution in [0.4, 0.5) is 5.69 Å². The zero-order chi connectivity index (χ0) is 14.0. The van der Waals surface area contributed by atoms with E-state index < -0.39 is 0 Å². The number of rotatable bonds is 4. The minimum atomic E-state index is 0.142. The van der Waals surface area contributed by atoms with Gasteiger partial charge in [0.15, 0.2) is 0 Å². The Labute approximate surface area is 116 Å². The highest BCUT2D eigenvalue weighted by Gasteiger charge is 2.29. The van der Waals surface area contributed by atoms with E-state index in [1.165, 1.54) is 5.56 Å². The van der Waals surface area contributed by atoms with Gasteiger partial charge in [0.2, 0.25) is 5.91 Å². The first-order chi connectivity index (χ1) is 9.04. The first-order valence-corrected chi connectivity index (χ1v) is 7.16. The fraction of sp³-hybridized carbons (Fsp3) is 0.562. The summed E-state index contributed by atoms with van der Waals surface area (Å²) >= 11 is 0. The summed E-state index contributed by atoms with van der Waals surface area (Å²) in [5, 5.41) is 3.63. The van der Waals surface area contributed by atoms with Gasteiger partial charge in [-0.05, 0) is 24.5 Å². The molecule has 1 aromatic carbocycles. The number of benzene rings is 1. The first kappa shape index (κ1) is 14.1. The average Bonchev–Trinajstić information content (AvgIpc) is 2.43. The highest BCUT2D eigenvalue weighted by molar-refractivity contribution is 5.96. The number of hydrogen-bond acceptors (Lipinski definition) is 2. The quantitative estimate of drug-likeness (QED) is 0.902. The second-order valence-corrected chi connectivity index (χ2v) is 5.61. The van der Waals surface area contributed by atoms with Crippen molar-refractivity contribution >= 4 is 11.6 Å². The standard InChI is InChI=1S/C16H24N2O/c1-5-11(2)12(3)17-14-10-16(19)18(4)15-9-7-6-8-13(14)15/h6-9,11-12,14,17H,5,10H2,1-4H3. The molecule has 3 heteroatoms. The summed E-state index contributed by atoms with van der Waals surface area (Å²) in [6.45, 7) is 6.66. The van der Waals surface area contributed by atoms with Crippen LogP contribution >= 0.6 is 0 Å². The number of anilines is 1. The van der Waals surface area contributed by atoms with Crippen LogP contribution in [-0.4, -0.2) is 19.0 Å². The molecule has 0 fully saturated rings. The van der Waals surface area contributed by atoms with E-state index in [9.17, 15) is 4.79 Å². The Hall–Kier alpha value is -1.35. The van der Waals surface area contributed by atoms with Gasteiger partial charge >= 0.3 is 0 Å². The molecule has 3 unspecified atom stereocenters. The third-order valence-electron chi connectivity index (χ3n) is 4.39. The molecule has 19 heavy (non-hydrogen) atoms. The van der Waals surface area contributed by atoms with E-state index in [1.807, 2.05) is 25.2 Å².